The fourth-order valence-corrected chi connectivity index (χ4v) is 5.20. The summed E-state index contributed by atoms with van der Waals surface area (Å²) in [4.78, 5) is 12.5. The van der Waals surface area contributed by atoms with E-state index in [1.54, 1.807) is 21.1 Å². The zero-order chi connectivity index (χ0) is 20.5. The topological polar surface area (TPSA) is 90.9 Å². The predicted octanol–water partition coefficient (Wildman–Crippen LogP) is 2.91. The van der Waals surface area contributed by atoms with E-state index in [4.69, 9.17) is 14.2 Å². The summed E-state index contributed by atoms with van der Waals surface area (Å²) in [7, 11) is 0.751. The standard InChI is InChI=1S/C19H35NO6S/c1-6-19(18(21)26-5,14-13-15(2)24-3)20-27(22,23)17-10-8-7-9-16(25-4)11-12-17/h11,15,17,20H,6-10,12-14H2,1-5H3. The molecule has 158 valence electrons. The van der Waals surface area contributed by atoms with E-state index in [0.717, 1.165) is 25.0 Å². The number of hydrogen-bond donors (Lipinski definition) is 1. The van der Waals surface area contributed by atoms with Gasteiger partial charge in [-0.1, -0.05) is 13.3 Å². The van der Waals surface area contributed by atoms with Crippen LogP contribution in [0.5, 0.6) is 0 Å². The molecule has 0 radical (unpaired) electrons. The SMILES string of the molecule is CCC(CCC(C)OC)(NS(=O)(=O)C1CC=C(OC)CCCC1)C(=O)OC. The molecule has 0 amide bonds. The number of hydrogen-bond acceptors (Lipinski definition) is 6. The van der Waals surface area contributed by atoms with Crippen molar-refractivity contribution >= 4 is 16.0 Å². The molecule has 3 atom stereocenters. The molecule has 0 saturated heterocycles. The second-order valence-electron chi connectivity index (χ2n) is 7.14. The van der Waals surface area contributed by atoms with Crippen LogP contribution in [0.3, 0.4) is 0 Å². The average molecular weight is 406 g/mol. The highest BCUT2D eigenvalue weighted by molar-refractivity contribution is 7.90. The molecule has 0 saturated carbocycles. The highest BCUT2D eigenvalue weighted by Crippen LogP contribution is 2.27. The van der Waals surface area contributed by atoms with Gasteiger partial charge < -0.3 is 14.2 Å². The van der Waals surface area contributed by atoms with Crippen LogP contribution >= 0.6 is 0 Å². The van der Waals surface area contributed by atoms with Crippen molar-refractivity contribution in [3.8, 4) is 0 Å². The van der Waals surface area contributed by atoms with Crippen LogP contribution in [-0.2, 0) is 29.0 Å². The zero-order valence-electron chi connectivity index (χ0n) is 17.2. The molecule has 0 bridgehead atoms. The Hall–Kier alpha value is -1.12. The van der Waals surface area contributed by atoms with Crippen molar-refractivity contribution in [2.24, 2.45) is 0 Å². The van der Waals surface area contributed by atoms with E-state index in [0.29, 0.717) is 32.1 Å². The third-order valence-corrected chi connectivity index (χ3v) is 7.39. The van der Waals surface area contributed by atoms with E-state index >= 15 is 0 Å². The quantitative estimate of drug-likeness (QED) is 0.562. The number of carbonyl (C=O) groups excluding carboxylic acids is 1. The summed E-state index contributed by atoms with van der Waals surface area (Å²) >= 11 is 0. The Balaban J connectivity index is 3.07. The lowest BCUT2D eigenvalue weighted by Gasteiger charge is -2.33. The fraction of sp³-hybridized carbons (Fsp3) is 0.842. The van der Waals surface area contributed by atoms with Crippen LogP contribution in [-0.4, -0.2) is 52.6 Å². The first-order chi connectivity index (χ1) is 12.7. The number of methoxy groups -OCH3 is 3. The first-order valence-electron chi connectivity index (χ1n) is 9.61. The number of allylic oxidation sites excluding steroid dienone is 2. The number of sulfonamides is 1. The van der Waals surface area contributed by atoms with E-state index < -0.39 is 26.8 Å². The maximum atomic E-state index is 13.1. The normalized spacial score (nSPS) is 22.0. The summed E-state index contributed by atoms with van der Waals surface area (Å²) < 4.78 is 44.5. The molecule has 7 nitrogen and oxygen atoms in total. The largest absolute Gasteiger partial charge is 0.501 e. The predicted molar refractivity (Wildman–Crippen MR) is 105 cm³/mol. The Morgan fingerprint density at radius 2 is 2.04 bits per heavy atom. The van der Waals surface area contributed by atoms with Crippen LogP contribution in [0.15, 0.2) is 11.8 Å². The van der Waals surface area contributed by atoms with Crippen LogP contribution < -0.4 is 4.72 Å². The molecule has 0 spiro atoms. The van der Waals surface area contributed by atoms with Gasteiger partial charge >= 0.3 is 5.97 Å². The number of rotatable bonds is 10. The Morgan fingerprint density at radius 1 is 1.33 bits per heavy atom. The molecule has 1 aliphatic carbocycles. The van der Waals surface area contributed by atoms with Crippen molar-refractivity contribution in [3.05, 3.63) is 11.8 Å². The summed E-state index contributed by atoms with van der Waals surface area (Å²) in [6.45, 7) is 3.68. The monoisotopic (exact) mass is 405 g/mol. The number of nitrogens with one attached hydrogen (secondary N) is 1. The number of esters is 1. The first kappa shape index (κ1) is 23.9. The van der Waals surface area contributed by atoms with Crippen molar-refractivity contribution in [2.45, 2.75) is 82.1 Å². The highest BCUT2D eigenvalue weighted by atomic mass is 32.2. The van der Waals surface area contributed by atoms with Gasteiger partial charge in [-0.25, -0.2) is 8.42 Å². The van der Waals surface area contributed by atoms with Crippen molar-refractivity contribution in [1.82, 2.24) is 4.72 Å². The van der Waals surface area contributed by atoms with Crippen LogP contribution in [0.2, 0.25) is 0 Å². The molecule has 1 rings (SSSR count). The Morgan fingerprint density at radius 3 is 2.59 bits per heavy atom. The van der Waals surface area contributed by atoms with Gasteiger partial charge in [0.1, 0.15) is 5.54 Å². The first-order valence-corrected chi connectivity index (χ1v) is 11.2. The molecule has 0 heterocycles. The zero-order valence-corrected chi connectivity index (χ0v) is 18.1. The Labute approximate surface area is 163 Å². The molecule has 0 aliphatic heterocycles. The highest BCUT2D eigenvalue weighted by Gasteiger charge is 2.43. The molecule has 1 N–H and O–H groups in total. The van der Waals surface area contributed by atoms with E-state index in [-0.39, 0.29) is 6.10 Å². The second-order valence-corrected chi connectivity index (χ2v) is 9.10. The van der Waals surface area contributed by atoms with E-state index in [2.05, 4.69) is 4.72 Å². The minimum atomic E-state index is -3.73. The van der Waals surface area contributed by atoms with Gasteiger partial charge in [-0.05, 0) is 51.5 Å². The van der Waals surface area contributed by atoms with E-state index in [1.165, 1.54) is 7.11 Å². The third kappa shape index (κ3) is 6.76. The molecule has 3 unspecified atom stereocenters. The average Bonchev–Trinajstić information content (AvgIpc) is 2.63. The fourth-order valence-electron chi connectivity index (χ4n) is 3.33. The minimum absolute atomic E-state index is 0.0846. The van der Waals surface area contributed by atoms with Crippen LogP contribution in [0.25, 0.3) is 0 Å². The summed E-state index contributed by atoms with van der Waals surface area (Å²) in [6.07, 6.45) is 6.36. The van der Waals surface area contributed by atoms with Gasteiger partial charge in [-0.3, -0.25) is 4.79 Å². The van der Waals surface area contributed by atoms with Gasteiger partial charge in [0.05, 0.1) is 31.3 Å². The van der Waals surface area contributed by atoms with E-state index in [1.807, 2.05) is 13.0 Å². The van der Waals surface area contributed by atoms with Crippen molar-refractivity contribution in [3.63, 3.8) is 0 Å². The van der Waals surface area contributed by atoms with Gasteiger partial charge in [0.2, 0.25) is 10.0 Å². The Kier molecular flexibility index (Phi) is 9.76. The summed E-state index contributed by atoms with van der Waals surface area (Å²) in [5.74, 6) is 0.259. The van der Waals surface area contributed by atoms with E-state index in [9.17, 15) is 13.2 Å². The summed E-state index contributed by atoms with van der Waals surface area (Å²) in [6, 6.07) is 0. The minimum Gasteiger partial charge on any atom is -0.501 e. The molecular weight excluding hydrogens is 370 g/mol. The van der Waals surface area contributed by atoms with Crippen LogP contribution in [0.4, 0.5) is 0 Å². The van der Waals surface area contributed by atoms with Crippen molar-refractivity contribution in [1.29, 1.82) is 0 Å². The van der Waals surface area contributed by atoms with Gasteiger partial charge in [0, 0.05) is 13.5 Å². The lowest BCUT2D eigenvalue weighted by molar-refractivity contribution is -0.148. The lowest BCUT2D eigenvalue weighted by Crippen LogP contribution is -2.57. The molecule has 27 heavy (non-hydrogen) atoms. The Bertz CT molecular complexity index is 603. The van der Waals surface area contributed by atoms with Gasteiger partial charge in [-0.15, -0.1) is 0 Å². The molecule has 0 aromatic carbocycles. The van der Waals surface area contributed by atoms with Crippen molar-refractivity contribution < 1.29 is 27.4 Å². The van der Waals surface area contributed by atoms with Gasteiger partial charge in [0.25, 0.3) is 0 Å². The molecule has 0 aromatic heterocycles. The van der Waals surface area contributed by atoms with Gasteiger partial charge in [-0.2, -0.15) is 4.72 Å². The van der Waals surface area contributed by atoms with Gasteiger partial charge in [0.15, 0.2) is 0 Å². The summed E-state index contributed by atoms with van der Waals surface area (Å²) in [5.41, 5.74) is -1.28. The summed E-state index contributed by atoms with van der Waals surface area (Å²) in [5, 5.41) is -0.599. The maximum Gasteiger partial charge on any atom is 0.327 e. The number of ether oxygens (including phenoxy) is 3. The molecule has 8 heteroatoms. The molecular formula is C19H35NO6S. The molecule has 0 fully saturated rings. The van der Waals surface area contributed by atoms with Crippen LogP contribution in [0, 0.1) is 0 Å². The maximum absolute atomic E-state index is 13.1. The second kappa shape index (κ2) is 11.0. The molecule has 1 aliphatic rings. The molecule has 0 aromatic rings. The van der Waals surface area contributed by atoms with Crippen molar-refractivity contribution in [2.75, 3.05) is 21.3 Å². The lowest BCUT2D eigenvalue weighted by atomic mass is 9.90. The smallest absolute Gasteiger partial charge is 0.327 e. The number of carbonyl (C=O) groups is 1. The third-order valence-electron chi connectivity index (χ3n) is 5.41. The van der Waals surface area contributed by atoms with Crippen LogP contribution in [0.1, 0.15) is 65.2 Å².